The van der Waals surface area contributed by atoms with Crippen LogP contribution in [0.5, 0.6) is 0 Å². The highest BCUT2D eigenvalue weighted by Gasteiger charge is 2.69. The van der Waals surface area contributed by atoms with Gasteiger partial charge in [-0.25, -0.2) is 8.42 Å². The van der Waals surface area contributed by atoms with E-state index in [1.165, 1.54) is 0 Å². The second-order valence-electron chi connectivity index (χ2n) is 17.9. The molecule has 2 N–H and O–H groups in total. The largest absolute Gasteiger partial charge is 0.363 e. The van der Waals surface area contributed by atoms with Crippen LogP contribution >= 0.6 is 0 Å². The highest BCUT2D eigenvalue weighted by Crippen LogP contribution is 2.65. The van der Waals surface area contributed by atoms with Crippen LogP contribution in [0.4, 0.5) is 0 Å². The number of fused-ring (bicyclic) bond motifs is 1. The summed E-state index contributed by atoms with van der Waals surface area (Å²) in [5, 5.41) is 0. The van der Waals surface area contributed by atoms with Crippen LogP contribution in [0.3, 0.4) is 0 Å². The van der Waals surface area contributed by atoms with E-state index in [0.717, 1.165) is 32.1 Å². The van der Waals surface area contributed by atoms with Crippen LogP contribution in [0.25, 0.3) is 0 Å². The molecule has 1 aliphatic heterocycles. The molecule has 4 fully saturated rings. The van der Waals surface area contributed by atoms with E-state index in [9.17, 15) is 32.4 Å². The normalized spacial score (nSPS) is 27.0. The van der Waals surface area contributed by atoms with E-state index in [1.54, 1.807) is 25.7 Å². The van der Waals surface area contributed by atoms with Gasteiger partial charge < -0.3 is 10.6 Å². The second-order valence-corrected chi connectivity index (χ2v) is 20.7. The van der Waals surface area contributed by atoms with E-state index >= 15 is 0 Å². The maximum Gasteiger partial charge on any atom is 0.285 e. The molecule has 4 aliphatic rings. The zero-order valence-corrected chi connectivity index (χ0v) is 30.3. The number of hydrogen-bond acceptors (Lipinski definition) is 7. The average molecular weight is 663 g/mol. The fourth-order valence-corrected chi connectivity index (χ4v) is 10.1. The molecule has 3 saturated carbocycles. The summed E-state index contributed by atoms with van der Waals surface area (Å²) >= 11 is 0. The minimum atomic E-state index is -3.46. The topological polar surface area (TPSA) is 149 Å². The van der Waals surface area contributed by atoms with E-state index < -0.39 is 55.0 Å². The molecule has 1 heterocycles. The molecule has 46 heavy (non-hydrogen) atoms. The number of rotatable bonds is 14. The highest BCUT2D eigenvalue weighted by molar-refractivity contribution is 7.92. The number of primary amides is 1. The molecule has 3 aliphatic carbocycles. The SMILES string of the molecule is CC(C)(C)[C@H](CC(=O)CC1(CS(=O)(=O)C(C)(C)C)CCCCC1)C(=O)N1CC2[C@@H]([C@H]1C(=O)CC(CC1CC1)C(=O)C(N)=O)C2(C)C. The van der Waals surface area contributed by atoms with Crippen molar-refractivity contribution in [1.82, 2.24) is 4.90 Å². The summed E-state index contributed by atoms with van der Waals surface area (Å²) in [6.07, 6.45) is 6.51. The number of amides is 2. The molecule has 260 valence electrons. The summed E-state index contributed by atoms with van der Waals surface area (Å²) in [4.78, 5) is 68.5. The fourth-order valence-electron chi connectivity index (χ4n) is 8.46. The van der Waals surface area contributed by atoms with Crippen molar-refractivity contribution in [3.05, 3.63) is 0 Å². The van der Waals surface area contributed by atoms with Gasteiger partial charge >= 0.3 is 0 Å². The van der Waals surface area contributed by atoms with Crippen molar-refractivity contribution in [3.8, 4) is 0 Å². The third-order valence-corrected chi connectivity index (χ3v) is 14.7. The Morgan fingerprint density at radius 2 is 1.50 bits per heavy atom. The number of nitrogens with two attached hydrogens (primary N) is 1. The molecule has 4 rings (SSSR count). The minimum absolute atomic E-state index is 0.0136. The Bertz CT molecular complexity index is 1340. The first-order valence-corrected chi connectivity index (χ1v) is 19.1. The molecule has 0 aromatic heterocycles. The van der Waals surface area contributed by atoms with Gasteiger partial charge in [0.15, 0.2) is 15.6 Å². The van der Waals surface area contributed by atoms with E-state index in [-0.39, 0.29) is 59.7 Å². The van der Waals surface area contributed by atoms with Crippen molar-refractivity contribution in [2.75, 3.05) is 12.3 Å². The lowest BCUT2D eigenvalue weighted by Crippen LogP contribution is -2.51. The third kappa shape index (κ3) is 7.78. The first-order valence-electron chi connectivity index (χ1n) is 17.4. The van der Waals surface area contributed by atoms with Gasteiger partial charge in [0.05, 0.1) is 16.5 Å². The van der Waals surface area contributed by atoms with Gasteiger partial charge in [0.2, 0.25) is 11.7 Å². The Kier molecular flexibility index (Phi) is 10.2. The van der Waals surface area contributed by atoms with Crippen molar-refractivity contribution in [3.63, 3.8) is 0 Å². The highest BCUT2D eigenvalue weighted by atomic mass is 32.2. The smallest absolute Gasteiger partial charge is 0.285 e. The molecule has 2 amide bonds. The lowest BCUT2D eigenvalue weighted by atomic mass is 9.70. The lowest BCUT2D eigenvalue weighted by Gasteiger charge is -2.40. The van der Waals surface area contributed by atoms with Crippen molar-refractivity contribution in [2.24, 2.45) is 51.6 Å². The van der Waals surface area contributed by atoms with Crippen LogP contribution in [0.2, 0.25) is 0 Å². The number of likely N-dealkylation sites (tertiary alicyclic amines) is 1. The summed E-state index contributed by atoms with van der Waals surface area (Å²) < 4.78 is 25.7. The Morgan fingerprint density at radius 3 is 2.00 bits per heavy atom. The van der Waals surface area contributed by atoms with Crippen LogP contribution < -0.4 is 5.73 Å². The van der Waals surface area contributed by atoms with Crippen LogP contribution in [-0.4, -0.2) is 65.6 Å². The summed E-state index contributed by atoms with van der Waals surface area (Å²) in [5.74, 6) is -3.37. The third-order valence-electron chi connectivity index (χ3n) is 11.9. The Labute approximate surface area is 276 Å². The summed E-state index contributed by atoms with van der Waals surface area (Å²) in [6.45, 7) is 15.5. The van der Waals surface area contributed by atoms with E-state index in [1.807, 2.05) is 20.8 Å². The zero-order valence-electron chi connectivity index (χ0n) is 29.4. The van der Waals surface area contributed by atoms with Gasteiger partial charge in [0.1, 0.15) is 5.78 Å². The predicted octanol–water partition coefficient (Wildman–Crippen LogP) is 5.07. The molecular weight excluding hydrogens is 604 g/mol. The Morgan fingerprint density at radius 1 is 0.913 bits per heavy atom. The number of ketones is 3. The lowest BCUT2D eigenvalue weighted by molar-refractivity contribution is -0.148. The van der Waals surface area contributed by atoms with Crippen molar-refractivity contribution < 1.29 is 32.4 Å². The molecule has 5 atom stereocenters. The van der Waals surface area contributed by atoms with Gasteiger partial charge in [-0.05, 0) is 74.0 Å². The molecule has 2 unspecified atom stereocenters. The first-order chi connectivity index (χ1) is 21.0. The zero-order chi connectivity index (χ0) is 34.6. The number of sulfone groups is 1. The molecule has 0 spiro atoms. The van der Waals surface area contributed by atoms with Crippen LogP contribution in [0.15, 0.2) is 0 Å². The van der Waals surface area contributed by atoms with Crippen LogP contribution in [0.1, 0.15) is 126 Å². The van der Waals surface area contributed by atoms with Gasteiger partial charge in [0.25, 0.3) is 5.91 Å². The number of nitrogens with zero attached hydrogens (tertiary/aromatic N) is 1. The average Bonchev–Trinajstić information content (AvgIpc) is 3.76. The molecule has 9 nitrogen and oxygen atoms in total. The van der Waals surface area contributed by atoms with E-state index in [2.05, 4.69) is 13.8 Å². The molecule has 10 heteroatoms. The Balaban J connectivity index is 1.55. The van der Waals surface area contributed by atoms with Crippen molar-refractivity contribution in [2.45, 2.75) is 137 Å². The van der Waals surface area contributed by atoms with Gasteiger partial charge in [-0.1, -0.05) is 66.7 Å². The fraction of sp³-hybridized carbons (Fsp3) is 0.861. The van der Waals surface area contributed by atoms with Crippen molar-refractivity contribution >= 4 is 39.0 Å². The standard InChI is InChI=1S/C36H58N2O7S/c1-33(2,3)25(18-24(39)19-36(14-10-9-11-15-36)21-46(44,45)34(4,5)6)32(43)38-20-26-28(35(26,7)8)29(38)27(40)17-23(16-22-12-13-22)30(41)31(37)42/h22-23,25-26,28-29H,9-21H2,1-8H3,(H2,37,42)/t23?,25-,26?,28+,29-/m1/s1. The molecule has 0 radical (unpaired) electrons. The van der Waals surface area contributed by atoms with E-state index in [0.29, 0.717) is 31.7 Å². The summed E-state index contributed by atoms with van der Waals surface area (Å²) in [6, 6.07) is -0.712. The number of carbonyl (C=O) groups is 5. The first kappa shape index (κ1) is 36.7. The van der Waals surface area contributed by atoms with Crippen LogP contribution in [-0.2, 0) is 33.8 Å². The maximum atomic E-state index is 14.5. The molecule has 0 aromatic rings. The number of carbonyl (C=O) groups excluding carboxylic acids is 5. The van der Waals surface area contributed by atoms with Gasteiger partial charge in [-0.3, -0.25) is 24.0 Å². The molecule has 0 bridgehead atoms. The monoisotopic (exact) mass is 662 g/mol. The van der Waals surface area contributed by atoms with Gasteiger partial charge in [0, 0.05) is 37.6 Å². The van der Waals surface area contributed by atoms with Crippen molar-refractivity contribution in [1.29, 1.82) is 0 Å². The quantitative estimate of drug-likeness (QED) is 0.255. The second kappa shape index (κ2) is 12.7. The number of Topliss-reactive ketones (excluding diaryl/α,β-unsaturated/α-hetero) is 3. The van der Waals surface area contributed by atoms with Gasteiger partial charge in [-0.2, -0.15) is 0 Å². The predicted molar refractivity (Wildman–Crippen MR) is 177 cm³/mol. The molecule has 1 saturated heterocycles. The molecular formula is C36H58N2O7S. The van der Waals surface area contributed by atoms with E-state index in [4.69, 9.17) is 5.73 Å². The molecule has 0 aromatic carbocycles. The number of hydrogen-bond donors (Lipinski definition) is 1. The Hall–Kier alpha value is -2.10. The minimum Gasteiger partial charge on any atom is -0.363 e. The van der Waals surface area contributed by atoms with Crippen LogP contribution in [0, 0.1) is 45.8 Å². The maximum absolute atomic E-state index is 14.5. The number of piperidine rings is 1. The summed E-state index contributed by atoms with van der Waals surface area (Å²) in [7, 11) is -3.46. The van der Waals surface area contributed by atoms with Gasteiger partial charge in [-0.15, -0.1) is 0 Å². The summed E-state index contributed by atoms with van der Waals surface area (Å²) in [5.41, 5.74) is 4.00.